The minimum Gasteiger partial charge on any atom is -0.304 e. The molecule has 0 fully saturated rings. The van der Waals surface area contributed by atoms with E-state index in [4.69, 9.17) is 0 Å². The average molecular weight is 356 g/mol. The van der Waals surface area contributed by atoms with E-state index in [0.717, 1.165) is 22.2 Å². The second-order valence-electron chi connectivity index (χ2n) is 7.01. The minimum absolute atomic E-state index is 0.0746. The highest BCUT2D eigenvalue weighted by atomic mass is 79.9. The van der Waals surface area contributed by atoms with E-state index in [2.05, 4.69) is 58.8 Å². The largest absolute Gasteiger partial charge is 0.304 e. The van der Waals surface area contributed by atoms with Crippen molar-refractivity contribution in [3.05, 3.63) is 39.9 Å². The molecule has 0 spiro atoms. The van der Waals surface area contributed by atoms with Gasteiger partial charge >= 0.3 is 0 Å². The molecule has 4 heteroatoms. The average Bonchev–Trinajstić information content (AvgIpc) is 2.27. The van der Waals surface area contributed by atoms with Gasteiger partial charge in [-0.3, -0.25) is 0 Å². The molecule has 1 aromatic carbocycles. The van der Waals surface area contributed by atoms with Gasteiger partial charge in [-0.2, -0.15) is 0 Å². The normalized spacial score (nSPS) is 19.0. The third-order valence-corrected chi connectivity index (χ3v) is 5.31. The van der Waals surface area contributed by atoms with Crippen molar-refractivity contribution in [2.24, 2.45) is 5.41 Å². The SMILES string of the molecule is CC1(C)C=C(NS(=O)C(C)(C)C)c2cc(Br)ccc2C1. The summed E-state index contributed by atoms with van der Waals surface area (Å²) in [5.74, 6) is 0. The monoisotopic (exact) mass is 355 g/mol. The summed E-state index contributed by atoms with van der Waals surface area (Å²) in [6, 6.07) is 6.32. The van der Waals surface area contributed by atoms with Gasteiger partial charge in [-0.05, 0) is 50.3 Å². The second kappa shape index (κ2) is 5.30. The van der Waals surface area contributed by atoms with Gasteiger partial charge in [-0.1, -0.05) is 41.9 Å². The van der Waals surface area contributed by atoms with Crippen LogP contribution in [-0.4, -0.2) is 8.96 Å². The van der Waals surface area contributed by atoms with Gasteiger partial charge in [0.25, 0.3) is 0 Å². The Kier molecular flexibility index (Phi) is 4.18. The van der Waals surface area contributed by atoms with Crippen LogP contribution in [0, 0.1) is 5.41 Å². The van der Waals surface area contributed by atoms with Crippen molar-refractivity contribution in [1.82, 2.24) is 4.72 Å². The molecule has 2 rings (SSSR count). The van der Waals surface area contributed by atoms with Gasteiger partial charge < -0.3 is 4.72 Å². The molecular weight excluding hydrogens is 334 g/mol. The van der Waals surface area contributed by atoms with Crippen molar-refractivity contribution >= 4 is 32.6 Å². The van der Waals surface area contributed by atoms with Crippen LogP contribution in [0.5, 0.6) is 0 Å². The fraction of sp³-hybridized carbons (Fsp3) is 0.500. The number of fused-ring (bicyclic) bond motifs is 1. The standard InChI is InChI=1S/C16H22BrNOS/c1-15(2,3)20(19)18-14-10-16(4,5)9-11-6-7-12(17)8-13(11)14/h6-8,10,18H,9H2,1-5H3. The molecule has 0 heterocycles. The van der Waals surface area contributed by atoms with Crippen molar-refractivity contribution in [2.75, 3.05) is 0 Å². The van der Waals surface area contributed by atoms with E-state index in [-0.39, 0.29) is 10.2 Å². The van der Waals surface area contributed by atoms with E-state index in [1.165, 1.54) is 5.56 Å². The van der Waals surface area contributed by atoms with E-state index in [0.29, 0.717) is 0 Å². The van der Waals surface area contributed by atoms with Crippen molar-refractivity contribution in [1.29, 1.82) is 0 Å². The number of nitrogens with one attached hydrogen (secondary N) is 1. The van der Waals surface area contributed by atoms with Gasteiger partial charge in [-0.25, -0.2) is 4.21 Å². The molecule has 0 bridgehead atoms. The Labute approximate surface area is 132 Å². The maximum Gasteiger partial charge on any atom is 0.122 e. The van der Waals surface area contributed by atoms with Gasteiger partial charge in [0, 0.05) is 10.0 Å². The summed E-state index contributed by atoms with van der Waals surface area (Å²) >= 11 is 3.52. The summed E-state index contributed by atoms with van der Waals surface area (Å²) in [4.78, 5) is 0. The number of hydrogen-bond acceptors (Lipinski definition) is 1. The smallest absolute Gasteiger partial charge is 0.122 e. The fourth-order valence-electron chi connectivity index (χ4n) is 2.30. The lowest BCUT2D eigenvalue weighted by Crippen LogP contribution is -2.34. The van der Waals surface area contributed by atoms with Crippen LogP contribution in [0.1, 0.15) is 45.7 Å². The number of benzene rings is 1. The summed E-state index contributed by atoms with van der Waals surface area (Å²) in [5.41, 5.74) is 3.50. The Morgan fingerprint density at radius 1 is 1.30 bits per heavy atom. The molecule has 1 aliphatic carbocycles. The summed E-state index contributed by atoms with van der Waals surface area (Å²) < 4.78 is 16.4. The first-order valence-electron chi connectivity index (χ1n) is 6.79. The number of halogens is 1. The first-order chi connectivity index (χ1) is 9.08. The molecule has 1 aliphatic rings. The molecule has 2 nitrogen and oxygen atoms in total. The summed E-state index contributed by atoms with van der Waals surface area (Å²) in [5, 5.41) is 0. The zero-order chi connectivity index (χ0) is 15.1. The first kappa shape index (κ1) is 15.8. The van der Waals surface area contributed by atoms with Crippen LogP contribution in [0.3, 0.4) is 0 Å². The Balaban J connectivity index is 2.42. The summed E-state index contributed by atoms with van der Waals surface area (Å²) in [7, 11) is -1.12. The Morgan fingerprint density at radius 2 is 1.95 bits per heavy atom. The molecule has 0 saturated heterocycles. The first-order valence-corrected chi connectivity index (χ1v) is 8.73. The Morgan fingerprint density at radius 3 is 2.55 bits per heavy atom. The predicted octanol–water partition coefficient (Wildman–Crippen LogP) is 4.42. The molecule has 20 heavy (non-hydrogen) atoms. The number of rotatable bonds is 2. The van der Waals surface area contributed by atoms with Crippen LogP contribution >= 0.6 is 15.9 Å². The zero-order valence-electron chi connectivity index (χ0n) is 12.7. The molecule has 0 radical (unpaired) electrons. The van der Waals surface area contributed by atoms with Crippen LogP contribution in [0.15, 0.2) is 28.7 Å². The number of hydrogen-bond donors (Lipinski definition) is 1. The maximum atomic E-state index is 12.4. The number of allylic oxidation sites excluding steroid dienone is 1. The van der Waals surface area contributed by atoms with E-state index in [1.54, 1.807) is 0 Å². The lowest BCUT2D eigenvalue weighted by molar-refractivity contribution is 0.471. The lowest BCUT2D eigenvalue weighted by Gasteiger charge is -2.31. The quantitative estimate of drug-likeness (QED) is 0.835. The molecule has 0 saturated carbocycles. The molecule has 0 amide bonds. The van der Waals surface area contributed by atoms with Crippen LogP contribution in [-0.2, 0) is 17.4 Å². The third kappa shape index (κ3) is 3.53. The van der Waals surface area contributed by atoms with Gasteiger partial charge in [0.15, 0.2) is 0 Å². The lowest BCUT2D eigenvalue weighted by atomic mass is 9.78. The molecule has 1 unspecified atom stereocenters. The van der Waals surface area contributed by atoms with E-state index >= 15 is 0 Å². The van der Waals surface area contributed by atoms with Crippen molar-refractivity contribution in [2.45, 2.75) is 45.8 Å². The Hall–Kier alpha value is -0.610. The maximum absolute atomic E-state index is 12.4. The van der Waals surface area contributed by atoms with Crippen molar-refractivity contribution in [3.63, 3.8) is 0 Å². The molecule has 1 N–H and O–H groups in total. The van der Waals surface area contributed by atoms with Crippen LogP contribution in [0.4, 0.5) is 0 Å². The third-order valence-electron chi connectivity index (χ3n) is 3.30. The van der Waals surface area contributed by atoms with Gasteiger partial charge in [-0.15, -0.1) is 0 Å². The van der Waals surface area contributed by atoms with Crippen LogP contribution in [0.25, 0.3) is 5.70 Å². The summed E-state index contributed by atoms with van der Waals surface area (Å²) in [6.45, 7) is 10.4. The highest BCUT2D eigenvalue weighted by Crippen LogP contribution is 2.37. The minimum atomic E-state index is -1.12. The molecule has 0 aliphatic heterocycles. The summed E-state index contributed by atoms with van der Waals surface area (Å²) in [6.07, 6.45) is 3.20. The van der Waals surface area contributed by atoms with Gasteiger partial charge in [0.1, 0.15) is 11.0 Å². The fourth-order valence-corrected chi connectivity index (χ4v) is 3.34. The molecular formula is C16H22BrNOS. The molecule has 1 atom stereocenters. The topological polar surface area (TPSA) is 29.1 Å². The molecule has 0 aromatic heterocycles. The van der Waals surface area contributed by atoms with E-state index in [1.807, 2.05) is 20.8 Å². The van der Waals surface area contributed by atoms with Crippen LogP contribution < -0.4 is 4.72 Å². The van der Waals surface area contributed by atoms with Crippen molar-refractivity contribution < 1.29 is 4.21 Å². The molecule has 110 valence electrons. The van der Waals surface area contributed by atoms with Crippen LogP contribution in [0.2, 0.25) is 0 Å². The Bertz CT molecular complexity index is 585. The highest BCUT2D eigenvalue weighted by molar-refractivity contribution is 9.10. The zero-order valence-corrected chi connectivity index (χ0v) is 15.1. The van der Waals surface area contributed by atoms with E-state index < -0.39 is 11.0 Å². The highest BCUT2D eigenvalue weighted by Gasteiger charge is 2.28. The van der Waals surface area contributed by atoms with E-state index in [9.17, 15) is 4.21 Å². The predicted molar refractivity (Wildman–Crippen MR) is 90.6 cm³/mol. The van der Waals surface area contributed by atoms with Crippen molar-refractivity contribution in [3.8, 4) is 0 Å². The molecule has 1 aromatic rings. The van der Waals surface area contributed by atoms with Gasteiger partial charge in [0.2, 0.25) is 0 Å². The van der Waals surface area contributed by atoms with Gasteiger partial charge in [0.05, 0.1) is 10.4 Å². The second-order valence-corrected chi connectivity index (χ2v) is 9.89.